The fourth-order valence-corrected chi connectivity index (χ4v) is 3.15. The maximum Gasteiger partial charge on any atom is 0.146 e. The minimum absolute atomic E-state index is 0.0274. The van der Waals surface area contributed by atoms with Crippen molar-refractivity contribution in [2.24, 2.45) is 11.8 Å². The van der Waals surface area contributed by atoms with Crippen LogP contribution < -0.4 is 5.32 Å². The van der Waals surface area contributed by atoms with Gasteiger partial charge in [-0.1, -0.05) is 33.6 Å². The predicted octanol–water partition coefficient (Wildman–Crippen LogP) is 3.62. The molecule has 3 nitrogen and oxygen atoms in total. The monoisotopic (exact) mass is 308 g/mol. The molecule has 124 valence electrons. The molecule has 0 amide bonds. The lowest BCUT2D eigenvalue weighted by molar-refractivity contribution is 0.209. The number of aliphatic hydroxyl groups excluding tert-OH is 1. The molecule has 1 aromatic rings. The molecule has 0 radical (unpaired) electrons. The van der Waals surface area contributed by atoms with E-state index in [2.05, 4.69) is 17.2 Å². The molecule has 0 saturated heterocycles. The number of aromatic nitrogens is 1. The Morgan fingerprint density at radius 3 is 2.55 bits per heavy atom. The first kappa shape index (κ1) is 17.4. The molecule has 1 aliphatic rings. The van der Waals surface area contributed by atoms with Crippen molar-refractivity contribution in [1.29, 1.82) is 0 Å². The number of aliphatic hydroxyl groups is 1. The topological polar surface area (TPSA) is 45.1 Å². The summed E-state index contributed by atoms with van der Waals surface area (Å²) in [5, 5.41) is 12.6. The van der Waals surface area contributed by atoms with Crippen LogP contribution in [0.4, 0.5) is 4.39 Å². The van der Waals surface area contributed by atoms with E-state index in [9.17, 15) is 9.50 Å². The molecule has 1 fully saturated rings. The Hall–Kier alpha value is -1.00. The van der Waals surface area contributed by atoms with E-state index in [1.165, 1.54) is 12.8 Å². The zero-order chi connectivity index (χ0) is 16.1. The van der Waals surface area contributed by atoms with Gasteiger partial charge in [-0.05, 0) is 36.8 Å². The van der Waals surface area contributed by atoms with Gasteiger partial charge in [0.25, 0.3) is 0 Å². The molecular formula is C18H29FN2O. The highest BCUT2D eigenvalue weighted by Gasteiger charge is 2.22. The largest absolute Gasteiger partial charge is 0.395 e. The number of hydrogen-bond acceptors (Lipinski definition) is 3. The van der Waals surface area contributed by atoms with Gasteiger partial charge in [-0.3, -0.25) is 4.98 Å². The Balaban J connectivity index is 2.03. The van der Waals surface area contributed by atoms with E-state index >= 15 is 0 Å². The standard InChI is InChI=1S/C18H29FN2O/c1-12(2)18(11-22)20-10-17-15(19)8-9-16(21-17)14-6-4-13(3)5-7-14/h8-9,12-14,18,20,22H,4-7,10-11H2,1-3H3/t13?,14?,18-/m0/s1. The number of halogens is 1. The molecule has 0 aromatic carbocycles. The fourth-order valence-electron chi connectivity index (χ4n) is 3.15. The molecular weight excluding hydrogens is 279 g/mol. The van der Waals surface area contributed by atoms with Gasteiger partial charge in [-0.25, -0.2) is 4.39 Å². The first-order valence-corrected chi connectivity index (χ1v) is 8.50. The van der Waals surface area contributed by atoms with Crippen LogP contribution in [-0.4, -0.2) is 22.7 Å². The van der Waals surface area contributed by atoms with Crippen LogP contribution in [0.2, 0.25) is 0 Å². The lowest BCUT2D eigenvalue weighted by Crippen LogP contribution is -2.37. The summed E-state index contributed by atoms with van der Waals surface area (Å²) in [7, 11) is 0. The Kier molecular flexibility index (Phi) is 6.33. The number of pyridine rings is 1. The minimum atomic E-state index is -0.263. The van der Waals surface area contributed by atoms with Crippen molar-refractivity contribution < 1.29 is 9.50 Å². The van der Waals surface area contributed by atoms with E-state index in [0.717, 1.165) is 24.5 Å². The zero-order valence-electron chi connectivity index (χ0n) is 14.0. The summed E-state index contributed by atoms with van der Waals surface area (Å²) in [5.74, 6) is 1.31. The third-order valence-electron chi connectivity index (χ3n) is 4.91. The van der Waals surface area contributed by atoms with E-state index in [4.69, 9.17) is 0 Å². The fraction of sp³-hybridized carbons (Fsp3) is 0.722. The van der Waals surface area contributed by atoms with Crippen molar-refractivity contribution in [3.05, 3.63) is 29.3 Å². The highest BCUT2D eigenvalue weighted by Crippen LogP contribution is 2.34. The predicted molar refractivity (Wildman–Crippen MR) is 87.1 cm³/mol. The van der Waals surface area contributed by atoms with Gasteiger partial charge in [0.1, 0.15) is 5.82 Å². The van der Waals surface area contributed by atoms with Crippen LogP contribution in [0.1, 0.15) is 63.8 Å². The third-order valence-corrected chi connectivity index (χ3v) is 4.91. The Bertz CT molecular complexity index is 470. The Labute approximate surface area is 133 Å². The van der Waals surface area contributed by atoms with Crippen molar-refractivity contribution in [3.8, 4) is 0 Å². The summed E-state index contributed by atoms with van der Waals surface area (Å²) < 4.78 is 14.0. The molecule has 22 heavy (non-hydrogen) atoms. The van der Waals surface area contributed by atoms with Gasteiger partial charge in [0.15, 0.2) is 0 Å². The maximum absolute atomic E-state index is 14.0. The van der Waals surface area contributed by atoms with Crippen LogP contribution in [0.3, 0.4) is 0 Å². The maximum atomic E-state index is 14.0. The quantitative estimate of drug-likeness (QED) is 0.843. The zero-order valence-corrected chi connectivity index (χ0v) is 14.0. The number of nitrogens with one attached hydrogen (secondary N) is 1. The average Bonchev–Trinajstić information content (AvgIpc) is 2.50. The molecule has 4 heteroatoms. The van der Waals surface area contributed by atoms with Crippen molar-refractivity contribution in [2.45, 2.75) is 65.0 Å². The lowest BCUT2D eigenvalue weighted by atomic mass is 9.81. The van der Waals surface area contributed by atoms with Gasteiger partial charge in [-0.15, -0.1) is 0 Å². The van der Waals surface area contributed by atoms with Crippen LogP contribution in [0, 0.1) is 17.7 Å². The van der Waals surface area contributed by atoms with Crippen molar-refractivity contribution in [2.75, 3.05) is 6.61 Å². The number of rotatable bonds is 6. The Morgan fingerprint density at radius 1 is 1.27 bits per heavy atom. The molecule has 1 atom stereocenters. The first-order valence-electron chi connectivity index (χ1n) is 8.50. The third kappa shape index (κ3) is 4.50. The van der Waals surface area contributed by atoms with Crippen LogP contribution in [-0.2, 0) is 6.54 Å². The van der Waals surface area contributed by atoms with Gasteiger partial charge < -0.3 is 10.4 Å². The molecule has 0 spiro atoms. The van der Waals surface area contributed by atoms with E-state index in [0.29, 0.717) is 24.1 Å². The number of hydrogen-bond donors (Lipinski definition) is 2. The minimum Gasteiger partial charge on any atom is -0.395 e. The van der Waals surface area contributed by atoms with Crippen LogP contribution >= 0.6 is 0 Å². The van der Waals surface area contributed by atoms with Crippen LogP contribution in [0.15, 0.2) is 12.1 Å². The molecule has 1 aromatic heterocycles. The van der Waals surface area contributed by atoms with Gasteiger partial charge in [-0.2, -0.15) is 0 Å². The highest BCUT2D eigenvalue weighted by molar-refractivity contribution is 5.17. The second-order valence-corrected chi connectivity index (χ2v) is 7.04. The van der Waals surface area contributed by atoms with E-state index < -0.39 is 0 Å². The average molecular weight is 308 g/mol. The summed E-state index contributed by atoms with van der Waals surface area (Å²) in [6, 6.07) is 3.35. The smallest absolute Gasteiger partial charge is 0.146 e. The van der Waals surface area contributed by atoms with Crippen molar-refractivity contribution in [1.82, 2.24) is 10.3 Å². The SMILES string of the molecule is CC1CCC(c2ccc(F)c(CN[C@@H](CO)C(C)C)n2)CC1. The van der Waals surface area contributed by atoms with Crippen LogP contribution in [0.5, 0.6) is 0 Å². The molecule has 0 aliphatic heterocycles. The molecule has 1 heterocycles. The molecule has 2 rings (SSSR count). The summed E-state index contributed by atoms with van der Waals surface area (Å²) in [4.78, 5) is 4.57. The second-order valence-electron chi connectivity index (χ2n) is 7.04. The number of nitrogens with zero attached hydrogens (tertiary/aromatic N) is 1. The van der Waals surface area contributed by atoms with Gasteiger partial charge >= 0.3 is 0 Å². The lowest BCUT2D eigenvalue weighted by Gasteiger charge is -2.26. The summed E-state index contributed by atoms with van der Waals surface area (Å²) >= 11 is 0. The van der Waals surface area contributed by atoms with Crippen molar-refractivity contribution in [3.63, 3.8) is 0 Å². The highest BCUT2D eigenvalue weighted by atomic mass is 19.1. The second kappa shape index (κ2) is 8.02. The Morgan fingerprint density at radius 2 is 1.95 bits per heavy atom. The molecule has 0 bridgehead atoms. The molecule has 2 N–H and O–H groups in total. The summed E-state index contributed by atoms with van der Waals surface area (Å²) in [6.07, 6.45) is 4.77. The van der Waals surface area contributed by atoms with Crippen LogP contribution in [0.25, 0.3) is 0 Å². The van der Waals surface area contributed by atoms with Gasteiger partial charge in [0, 0.05) is 24.2 Å². The van der Waals surface area contributed by atoms with Crippen molar-refractivity contribution >= 4 is 0 Å². The molecule has 0 unspecified atom stereocenters. The molecule has 1 aliphatic carbocycles. The first-order chi connectivity index (χ1) is 10.5. The molecule has 1 saturated carbocycles. The summed E-state index contributed by atoms with van der Waals surface area (Å²) in [6.45, 7) is 6.80. The van der Waals surface area contributed by atoms with E-state index in [-0.39, 0.29) is 18.5 Å². The van der Waals surface area contributed by atoms with E-state index in [1.807, 2.05) is 19.9 Å². The van der Waals surface area contributed by atoms with Gasteiger partial charge in [0.05, 0.1) is 12.3 Å². The summed E-state index contributed by atoms with van der Waals surface area (Å²) in [5.41, 5.74) is 1.49. The van der Waals surface area contributed by atoms with Gasteiger partial charge in [0.2, 0.25) is 0 Å². The van der Waals surface area contributed by atoms with E-state index in [1.54, 1.807) is 6.07 Å². The normalized spacial score (nSPS) is 23.7.